The first-order valence-corrected chi connectivity index (χ1v) is 7.78. The Balaban J connectivity index is 2.45. The number of ether oxygens (including phenoxy) is 1. The summed E-state index contributed by atoms with van der Waals surface area (Å²) in [5, 5.41) is 18.3. The van der Waals surface area contributed by atoms with Crippen molar-refractivity contribution in [1.29, 1.82) is 0 Å². The van der Waals surface area contributed by atoms with Crippen molar-refractivity contribution in [3.8, 4) is 5.75 Å². The molecule has 0 aliphatic rings. The molecule has 6 nitrogen and oxygen atoms in total. The van der Waals surface area contributed by atoms with E-state index in [2.05, 4.69) is 9.78 Å². The maximum atomic E-state index is 12.3. The number of hydrogen-bond donors (Lipinski definition) is 2. The Kier molecular flexibility index (Phi) is 5.59. The molecule has 0 atom stereocenters. The van der Waals surface area contributed by atoms with Gasteiger partial charge in [0.25, 0.3) is 0 Å². The van der Waals surface area contributed by atoms with Crippen LogP contribution in [0.5, 0.6) is 5.75 Å². The number of rotatable bonds is 6. The summed E-state index contributed by atoms with van der Waals surface area (Å²) >= 11 is 0. The minimum atomic E-state index is -1.05. The van der Waals surface area contributed by atoms with E-state index in [0.29, 0.717) is 16.7 Å². The molecule has 0 saturated heterocycles. The van der Waals surface area contributed by atoms with Gasteiger partial charge in [0.05, 0.1) is 5.56 Å². The predicted molar refractivity (Wildman–Crippen MR) is 91.3 cm³/mol. The summed E-state index contributed by atoms with van der Waals surface area (Å²) in [6.45, 7) is 6.62. The van der Waals surface area contributed by atoms with Crippen LogP contribution >= 0.6 is 0 Å². The Hall–Kier alpha value is -2.25. The van der Waals surface area contributed by atoms with Gasteiger partial charge in [-0.1, -0.05) is 18.2 Å². The third-order valence-corrected chi connectivity index (χ3v) is 3.97. The topological polar surface area (TPSA) is 85.2 Å². The lowest BCUT2D eigenvalue weighted by Crippen LogP contribution is -2.24. The third-order valence-electron chi connectivity index (χ3n) is 3.97. The van der Waals surface area contributed by atoms with Crippen molar-refractivity contribution in [2.24, 2.45) is 0 Å². The smallest absolute Gasteiger partial charge is 0.343 e. The zero-order chi connectivity index (χ0) is 18.7. The second-order valence-corrected chi connectivity index (χ2v) is 6.70. The van der Waals surface area contributed by atoms with Crippen molar-refractivity contribution >= 4 is 5.97 Å². The van der Waals surface area contributed by atoms with Crippen LogP contribution in [0.2, 0.25) is 0 Å². The van der Waals surface area contributed by atoms with Gasteiger partial charge >= 0.3 is 5.97 Å². The average molecular weight is 346 g/mol. The zero-order valence-corrected chi connectivity index (χ0v) is 14.6. The van der Waals surface area contributed by atoms with Crippen molar-refractivity contribution in [2.45, 2.75) is 38.9 Å². The molecule has 0 unspecified atom stereocenters. The lowest BCUT2D eigenvalue weighted by Gasteiger charge is -2.26. The maximum Gasteiger partial charge on any atom is 0.343 e. The van der Waals surface area contributed by atoms with Gasteiger partial charge in [0.15, 0.2) is 0 Å². The first-order valence-electron chi connectivity index (χ1n) is 7.78. The van der Waals surface area contributed by atoms with Crippen LogP contribution < -0.4 is 4.74 Å². The molecule has 6 heteroatoms. The van der Waals surface area contributed by atoms with Crippen LogP contribution in [0.25, 0.3) is 0 Å². The third kappa shape index (κ3) is 4.43. The van der Waals surface area contributed by atoms with Gasteiger partial charge in [-0.2, -0.15) is 0 Å². The summed E-state index contributed by atoms with van der Waals surface area (Å²) < 4.78 is 5.45. The molecule has 0 bridgehead atoms. The van der Waals surface area contributed by atoms with Gasteiger partial charge < -0.3 is 4.74 Å². The van der Waals surface area contributed by atoms with Gasteiger partial charge in [0.2, 0.25) is 0 Å². The molecule has 0 saturated carbocycles. The molecule has 0 aliphatic carbocycles. The number of carbonyl (C=O) groups excluding carboxylic acids is 1. The molecule has 0 aliphatic heterocycles. The number of esters is 1. The number of benzene rings is 2. The van der Waals surface area contributed by atoms with E-state index in [9.17, 15) is 4.79 Å². The van der Waals surface area contributed by atoms with Gasteiger partial charge in [-0.15, -0.1) is 0 Å². The predicted octanol–water partition coefficient (Wildman–Crippen LogP) is 4.36. The van der Waals surface area contributed by atoms with E-state index in [0.717, 1.165) is 0 Å². The molecule has 0 spiro atoms. The average Bonchev–Trinajstić information content (AvgIpc) is 2.62. The molecule has 2 rings (SSSR count). The summed E-state index contributed by atoms with van der Waals surface area (Å²) in [5.41, 5.74) is -0.586. The van der Waals surface area contributed by atoms with Crippen LogP contribution in [0, 0.1) is 0 Å². The van der Waals surface area contributed by atoms with Gasteiger partial charge in [-0.25, -0.2) is 14.6 Å². The number of hydrogen-bond acceptors (Lipinski definition) is 6. The van der Waals surface area contributed by atoms with Crippen LogP contribution in [0.3, 0.4) is 0 Å². The van der Waals surface area contributed by atoms with E-state index in [4.69, 9.17) is 15.3 Å². The van der Waals surface area contributed by atoms with E-state index < -0.39 is 17.2 Å². The number of carbonyl (C=O) groups is 1. The van der Waals surface area contributed by atoms with E-state index in [1.54, 1.807) is 76.2 Å². The molecule has 25 heavy (non-hydrogen) atoms. The maximum absolute atomic E-state index is 12.3. The standard InChI is InChI=1S/C19H22O6/c1-18(2,24-21)14-10-15(19(3,4)25-22)12-16(11-14)23-17(20)13-8-6-5-7-9-13/h5-12,21-22H,1-4H3. The highest BCUT2D eigenvalue weighted by Gasteiger charge is 2.28. The van der Waals surface area contributed by atoms with E-state index in [1.807, 2.05) is 0 Å². The van der Waals surface area contributed by atoms with Gasteiger partial charge in [-0.3, -0.25) is 10.5 Å². The minimum Gasteiger partial charge on any atom is -0.423 e. The van der Waals surface area contributed by atoms with Crippen molar-refractivity contribution in [1.82, 2.24) is 0 Å². The molecular weight excluding hydrogens is 324 g/mol. The quantitative estimate of drug-likeness (QED) is 0.350. The minimum absolute atomic E-state index is 0.247. The first kappa shape index (κ1) is 19.1. The molecular formula is C19H22O6. The molecule has 0 radical (unpaired) electrons. The summed E-state index contributed by atoms with van der Waals surface area (Å²) in [4.78, 5) is 21.3. The van der Waals surface area contributed by atoms with Crippen LogP contribution in [-0.2, 0) is 21.0 Å². The monoisotopic (exact) mass is 346 g/mol. The van der Waals surface area contributed by atoms with Crippen LogP contribution in [0.4, 0.5) is 0 Å². The molecule has 134 valence electrons. The molecule has 0 aromatic heterocycles. The van der Waals surface area contributed by atoms with Crippen LogP contribution in [0.1, 0.15) is 49.2 Å². The van der Waals surface area contributed by atoms with E-state index >= 15 is 0 Å². The van der Waals surface area contributed by atoms with E-state index in [-0.39, 0.29) is 5.75 Å². The van der Waals surface area contributed by atoms with Crippen molar-refractivity contribution in [3.63, 3.8) is 0 Å². The summed E-state index contributed by atoms with van der Waals surface area (Å²) in [5.74, 6) is -0.272. The SMILES string of the molecule is CC(C)(OO)c1cc(OC(=O)c2ccccc2)cc(C(C)(C)OO)c1. The fraction of sp³-hybridized carbons (Fsp3) is 0.316. The molecule has 2 aromatic carbocycles. The van der Waals surface area contributed by atoms with Crippen LogP contribution in [-0.4, -0.2) is 16.5 Å². The normalized spacial score (nSPS) is 12.1. The summed E-state index contributed by atoms with van der Waals surface area (Å²) in [7, 11) is 0. The summed E-state index contributed by atoms with van der Waals surface area (Å²) in [6.07, 6.45) is 0. The van der Waals surface area contributed by atoms with Crippen molar-refractivity contribution in [3.05, 3.63) is 65.2 Å². The molecule has 0 heterocycles. The summed E-state index contributed by atoms with van der Waals surface area (Å²) in [6, 6.07) is 13.5. The van der Waals surface area contributed by atoms with Crippen molar-refractivity contribution < 1.29 is 29.8 Å². The van der Waals surface area contributed by atoms with Gasteiger partial charge in [-0.05, 0) is 69.2 Å². The highest BCUT2D eigenvalue weighted by atomic mass is 17.1. The van der Waals surface area contributed by atoms with Gasteiger partial charge in [0.1, 0.15) is 17.0 Å². The van der Waals surface area contributed by atoms with Crippen molar-refractivity contribution in [2.75, 3.05) is 0 Å². The lowest BCUT2D eigenvalue weighted by molar-refractivity contribution is -0.320. The van der Waals surface area contributed by atoms with Gasteiger partial charge in [0, 0.05) is 0 Å². The Morgan fingerprint density at radius 2 is 1.32 bits per heavy atom. The van der Waals surface area contributed by atoms with Crippen LogP contribution in [0.15, 0.2) is 48.5 Å². The highest BCUT2D eigenvalue weighted by molar-refractivity contribution is 5.91. The first-order chi connectivity index (χ1) is 11.7. The molecule has 2 N–H and O–H groups in total. The molecule has 2 aromatic rings. The van der Waals surface area contributed by atoms with E-state index in [1.165, 1.54) is 0 Å². The second kappa shape index (κ2) is 7.33. The zero-order valence-electron chi connectivity index (χ0n) is 14.6. The Labute approximate surface area is 146 Å². The molecule has 0 fully saturated rings. The highest BCUT2D eigenvalue weighted by Crippen LogP contribution is 2.34. The Morgan fingerprint density at radius 3 is 1.76 bits per heavy atom. The Bertz CT molecular complexity index is 703. The second-order valence-electron chi connectivity index (χ2n) is 6.70. The fourth-order valence-corrected chi connectivity index (χ4v) is 2.20. The Morgan fingerprint density at radius 1 is 0.840 bits per heavy atom. The fourth-order valence-electron chi connectivity index (χ4n) is 2.20. The molecule has 0 amide bonds. The lowest BCUT2D eigenvalue weighted by atomic mass is 9.90. The largest absolute Gasteiger partial charge is 0.423 e.